The predicted octanol–water partition coefficient (Wildman–Crippen LogP) is 3.77. The molecule has 6 N–H and O–H groups in total. The van der Waals surface area contributed by atoms with Crippen LogP contribution in [-0.2, 0) is 6.42 Å². The molecule has 0 aliphatic carbocycles. The Morgan fingerprint density at radius 3 is 2.81 bits per heavy atom. The molecule has 1 atom stereocenters. The number of nitrogens with one attached hydrogen (secondary N) is 1. The molecule has 1 fully saturated rings. The zero-order valence-corrected chi connectivity index (χ0v) is 21.2. The van der Waals surface area contributed by atoms with E-state index >= 15 is 0 Å². The molecule has 1 aliphatic rings. The molecule has 0 radical (unpaired) electrons. The lowest BCUT2D eigenvalue weighted by Gasteiger charge is -2.34. The van der Waals surface area contributed by atoms with E-state index in [1.165, 1.54) is 11.3 Å². The van der Waals surface area contributed by atoms with Crippen molar-refractivity contribution in [2.75, 3.05) is 30.3 Å². The van der Waals surface area contributed by atoms with Crippen LogP contribution in [0.2, 0.25) is 0 Å². The maximum atomic E-state index is 11.8. The Balaban J connectivity index is 1.25. The number of carbonyl (C=O) groups is 1. The van der Waals surface area contributed by atoms with Crippen LogP contribution >= 0.6 is 11.3 Å². The number of primary amides is 1. The van der Waals surface area contributed by atoms with Crippen LogP contribution in [0.5, 0.6) is 0 Å². The summed E-state index contributed by atoms with van der Waals surface area (Å²) in [5.74, 6) is 0.415. The highest BCUT2D eigenvalue weighted by atomic mass is 32.1. The number of aromatic nitrogens is 2. The molecule has 1 amide bonds. The van der Waals surface area contributed by atoms with E-state index in [2.05, 4.69) is 28.2 Å². The largest absolute Gasteiger partial charge is 0.397 e. The lowest BCUT2D eigenvalue weighted by atomic mass is 10.0. The second-order valence-electron chi connectivity index (χ2n) is 9.38. The first-order chi connectivity index (χ1) is 17.5. The highest BCUT2D eigenvalue weighted by molar-refractivity contribution is 7.21. The molecular formula is C27H32N6O2S. The summed E-state index contributed by atoms with van der Waals surface area (Å²) in [7, 11) is 0. The van der Waals surface area contributed by atoms with E-state index in [-0.39, 0.29) is 0 Å². The minimum absolute atomic E-state index is 0.321. The monoisotopic (exact) mass is 504 g/mol. The summed E-state index contributed by atoms with van der Waals surface area (Å²) in [4.78, 5) is 24.5. The molecule has 3 aromatic heterocycles. The second kappa shape index (κ2) is 10.4. The van der Waals surface area contributed by atoms with E-state index < -0.39 is 12.0 Å². The van der Waals surface area contributed by atoms with Crippen LogP contribution in [0.1, 0.15) is 53.1 Å². The number of nitrogens with zero attached hydrogens (tertiary/aromatic N) is 3. The van der Waals surface area contributed by atoms with Crippen molar-refractivity contribution in [3.05, 3.63) is 58.6 Å². The molecule has 1 aliphatic heterocycles. The van der Waals surface area contributed by atoms with Gasteiger partial charge in [0.05, 0.1) is 17.3 Å². The number of para-hydroxylation sites is 1. The number of aryl methyl sites for hydroxylation is 1. The fourth-order valence-electron chi connectivity index (χ4n) is 5.11. The number of pyridine rings is 2. The average Bonchev–Trinajstić information content (AvgIpc) is 3.24. The van der Waals surface area contributed by atoms with Gasteiger partial charge in [0.1, 0.15) is 15.5 Å². The van der Waals surface area contributed by atoms with Crippen LogP contribution in [-0.4, -0.2) is 46.7 Å². The Labute approximate surface area is 214 Å². The van der Waals surface area contributed by atoms with E-state index in [0.29, 0.717) is 23.2 Å². The number of nitrogen functional groups attached to an aromatic ring is 1. The Morgan fingerprint density at radius 2 is 2.06 bits per heavy atom. The van der Waals surface area contributed by atoms with Crippen molar-refractivity contribution in [2.45, 2.75) is 44.8 Å². The molecule has 0 spiro atoms. The highest BCUT2D eigenvalue weighted by Crippen LogP contribution is 2.37. The van der Waals surface area contributed by atoms with Crippen molar-refractivity contribution in [3.8, 4) is 0 Å². The van der Waals surface area contributed by atoms with Gasteiger partial charge >= 0.3 is 0 Å². The van der Waals surface area contributed by atoms with E-state index in [1.54, 1.807) is 6.20 Å². The predicted molar refractivity (Wildman–Crippen MR) is 146 cm³/mol. The molecule has 1 unspecified atom stereocenters. The van der Waals surface area contributed by atoms with Crippen molar-refractivity contribution in [3.63, 3.8) is 0 Å². The van der Waals surface area contributed by atoms with Gasteiger partial charge in [-0.15, -0.1) is 11.3 Å². The molecule has 4 heterocycles. The topological polar surface area (TPSA) is 130 Å². The number of fused-ring (bicyclic) bond motifs is 2. The SMILES string of the molecule is CCCc1cc(N2CCC(NCC(O)c3ccnc4ccccc34)CC2)nc2sc(C(N)=O)c(N)c12. The fourth-order valence-corrected chi connectivity index (χ4v) is 6.09. The van der Waals surface area contributed by atoms with Gasteiger partial charge in [0.25, 0.3) is 5.91 Å². The van der Waals surface area contributed by atoms with Gasteiger partial charge < -0.3 is 26.8 Å². The second-order valence-corrected chi connectivity index (χ2v) is 10.4. The lowest BCUT2D eigenvalue weighted by Crippen LogP contribution is -2.44. The molecule has 9 heteroatoms. The zero-order chi connectivity index (χ0) is 25.2. The van der Waals surface area contributed by atoms with Gasteiger partial charge in [0.2, 0.25) is 0 Å². The van der Waals surface area contributed by atoms with Crippen molar-refractivity contribution in [1.29, 1.82) is 0 Å². The van der Waals surface area contributed by atoms with Crippen molar-refractivity contribution < 1.29 is 9.90 Å². The highest BCUT2D eigenvalue weighted by Gasteiger charge is 2.24. The van der Waals surface area contributed by atoms with Crippen LogP contribution in [0.15, 0.2) is 42.6 Å². The Morgan fingerprint density at radius 1 is 1.28 bits per heavy atom. The Hall–Kier alpha value is -3.27. The fraction of sp³-hybridized carbons (Fsp3) is 0.370. The summed E-state index contributed by atoms with van der Waals surface area (Å²) < 4.78 is 0. The maximum absolute atomic E-state index is 11.8. The standard InChI is InChI=1S/C27H32N6O2S/c1-2-5-16-14-22(32-27-23(16)24(28)25(36-27)26(29)35)33-12-9-17(10-13-33)31-15-21(34)19-8-11-30-20-7-4-3-6-18(19)20/h3-4,6-8,11,14,17,21,31,34H,2,5,9-10,12-13,15,28H2,1H3,(H2,29,35). The van der Waals surface area contributed by atoms with Crippen LogP contribution in [0.4, 0.5) is 11.5 Å². The number of amides is 1. The van der Waals surface area contributed by atoms with Crippen LogP contribution in [0, 0.1) is 0 Å². The van der Waals surface area contributed by atoms with Crippen molar-refractivity contribution in [1.82, 2.24) is 15.3 Å². The van der Waals surface area contributed by atoms with Gasteiger partial charge in [-0.3, -0.25) is 9.78 Å². The number of rotatable bonds is 8. The van der Waals surface area contributed by atoms with Gasteiger partial charge in [-0.05, 0) is 48.6 Å². The van der Waals surface area contributed by atoms with Gasteiger partial charge in [-0.25, -0.2) is 4.98 Å². The smallest absolute Gasteiger partial charge is 0.260 e. The molecule has 1 aromatic carbocycles. The van der Waals surface area contributed by atoms with Gasteiger partial charge in [-0.1, -0.05) is 31.5 Å². The number of benzene rings is 1. The summed E-state index contributed by atoms with van der Waals surface area (Å²) >= 11 is 1.28. The maximum Gasteiger partial charge on any atom is 0.260 e. The van der Waals surface area contributed by atoms with Crippen LogP contribution in [0.25, 0.3) is 21.1 Å². The number of aliphatic hydroxyl groups excluding tert-OH is 1. The van der Waals surface area contributed by atoms with E-state index in [0.717, 1.165) is 76.8 Å². The first kappa shape index (κ1) is 24.4. The number of piperidine rings is 1. The molecule has 4 aromatic rings. The quantitative estimate of drug-likeness (QED) is 0.287. The minimum Gasteiger partial charge on any atom is -0.397 e. The molecule has 0 saturated carbocycles. The number of hydrogen-bond acceptors (Lipinski definition) is 8. The van der Waals surface area contributed by atoms with Crippen molar-refractivity contribution >= 4 is 49.9 Å². The molecule has 36 heavy (non-hydrogen) atoms. The van der Waals surface area contributed by atoms with E-state index in [4.69, 9.17) is 16.5 Å². The molecule has 1 saturated heterocycles. The third kappa shape index (κ3) is 4.74. The average molecular weight is 505 g/mol. The molecule has 188 valence electrons. The molecule has 8 nitrogen and oxygen atoms in total. The summed E-state index contributed by atoms with van der Waals surface area (Å²) in [6, 6.07) is 12.2. The van der Waals surface area contributed by atoms with Crippen LogP contribution < -0.4 is 21.7 Å². The summed E-state index contributed by atoms with van der Waals surface area (Å²) in [6.07, 6.45) is 4.90. The number of hydrogen-bond donors (Lipinski definition) is 4. The van der Waals surface area contributed by atoms with Gasteiger partial charge in [-0.2, -0.15) is 0 Å². The zero-order valence-electron chi connectivity index (χ0n) is 20.4. The molecule has 5 rings (SSSR count). The van der Waals surface area contributed by atoms with Crippen molar-refractivity contribution in [2.24, 2.45) is 5.73 Å². The number of thiophene rings is 1. The van der Waals surface area contributed by atoms with E-state index in [9.17, 15) is 9.90 Å². The third-order valence-electron chi connectivity index (χ3n) is 6.97. The third-order valence-corrected chi connectivity index (χ3v) is 8.08. The Kier molecular flexibility index (Phi) is 7.04. The van der Waals surface area contributed by atoms with Gasteiger partial charge in [0.15, 0.2) is 0 Å². The normalized spacial score (nSPS) is 15.6. The summed E-state index contributed by atoms with van der Waals surface area (Å²) in [6.45, 7) is 4.34. The number of nitrogens with two attached hydrogens (primary N) is 2. The van der Waals surface area contributed by atoms with Crippen LogP contribution in [0.3, 0.4) is 0 Å². The first-order valence-electron chi connectivity index (χ1n) is 12.5. The molecular weight excluding hydrogens is 472 g/mol. The summed E-state index contributed by atoms with van der Waals surface area (Å²) in [5, 5.41) is 16.3. The number of anilines is 2. The molecule has 0 bridgehead atoms. The van der Waals surface area contributed by atoms with E-state index in [1.807, 2.05) is 30.3 Å². The van der Waals surface area contributed by atoms with Gasteiger partial charge in [0, 0.05) is 42.6 Å². The number of aliphatic hydroxyl groups is 1. The minimum atomic E-state index is -0.597. The Bertz CT molecular complexity index is 1390. The summed E-state index contributed by atoms with van der Waals surface area (Å²) in [5.41, 5.74) is 15.2. The first-order valence-corrected chi connectivity index (χ1v) is 13.3. The lowest BCUT2D eigenvalue weighted by molar-refractivity contribution is 0.100. The number of carbonyl (C=O) groups excluding carboxylic acids is 1.